The van der Waals surface area contributed by atoms with Gasteiger partial charge in [0.2, 0.25) is 17.5 Å². The van der Waals surface area contributed by atoms with Gasteiger partial charge in [0, 0.05) is 25.5 Å². The molecule has 32 heavy (non-hydrogen) atoms. The molecule has 2 N–H and O–H groups in total. The summed E-state index contributed by atoms with van der Waals surface area (Å²) in [4.78, 5) is 39.1. The number of H-pyrrole nitrogens is 1. The van der Waals surface area contributed by atoms with Crippen LogP contribution in [0, 0.1) is 0 Å². The van der Waals surface area contributed by atoms with Crippen LogP contribution in [0.2, 0.25) is 0 Å². The first kappa shape index (κ1) is 22.7. The summed E-state index contributed by atoms with van der Waals surface area (Å²) in [6.45, 7) is 4.85. The monoisotopic (exact) mass is 444 g/mol. The number of allylic oxidation sites excluding steroid dienone is 1. The van der Waals surface area contributed by atoms with Crippen LogP contribution >= 0.6 is 0 Å². The van der Waals surface area contributed by atoms with E-state index < -0.39 is 29.1 Å². The summed E-state index contributed by atoms with van der Waals surface area (Å²) in [6, 6.07) is 2.72. The number of nitrogens with one attached hydrogen (secondary N) is 1. The zero-order chi connectivity index (χ0) is 23.6. The number of nitrogens with zero attached hydrogens (tertiary/aromatic N) is 3. The minimum Gasteiger partial charge on any atom is -0.494 e. The van der Waals surface area contributed by atoms with Crippen LogP contribution in [0.5, 0.6) is 23.1 Å². The first-order valence-corrected chi connectivity index (χ1v) is 9.62. The molecule has 3 rings (SSSR count). The average molecular weight is 444 g/mol. The number of hydrogen-bond donors (Lipinski definition) is 2. The van der Waals surface area contributed by atoms with E-state index in [4.69, 9.17) is 14.2 Å². The number of aromatic amines is 1. The molecule has 1 aliphatic heterocycles. The predicted octanol–water partition coefficient (Wildman–Crippen LogP) is 1.15. The van der Waals surface area contributed by atoms with E-state index in [1.165, 1.54) is 39.3 Å². The third kappa shape index (κ3) is 3.72. The fourth-order valence-electron chi connectivity index (χ4n) is 3.70. The molecule has 0 aliphatic carbocycles. The highest BCUT2D eigenvalue weighted by molar-refractivity contribution is 6.04. The van der Waals surface area contributed by atoms with Crippen LogP contribution in [0.3, 0.4) is 0 Å². The third-order valence-electron chi connectivity index (χ3n) is 5.10. The molecule has 0 spiro atoms. The maximum atomic E-state index is 12.5. The van der Waals surface area contributed by atoms with Gasteiger partial charge in [-0.2, -0.15) is 5.10 Å². The average Bonchev–Trinajstić information content (AvgIpc) is 3.20. The molecule has 0 radical (unpaired) electrons. The lowest BCUT2D eigenvalue weighted by Crippen LogP contribution is -2.33. The van der Waals surface area contributed by atoms with E-state index in [9.17, 15) is 19.5 Å². The molecule has 0 fully saturated rings. The molecule has 2 heterocycles. The Hall–Kier alpha value is -4.02. The van der Waals surface area contributed by atoms with Gasteiger partial charge in [-0.05, 0) is 12.1 Å². The van der Waals surface area contributed by atoms with Crippen LogP contribution in [0.4, 0.5) is 0 Å². The molecule has 1 aliphatic rings. The summed E-state index contributed by atoms with van der Waals surface area (Å²) in [5, 5.41) is 16.1. The highest BCUT2D eigenvalue weighted by atomic mass is 16.5. The molecule has 1 unspecified atom stereocenters. The van der Waals surface area contributed by atoms with Crippen molar-refractivity contribution in [3.8, 4) is 23.1 Å². The van der Waals surface area contributed by atoms with Gasteiger partial charge in [0.25, 0.3) is 5.56 Å². The van der Waals surface area contributed by atoms with Gasteiger partial charge in [-0.1, -0.05) is 6.08 Å². The summed E-state index contributed by atoms with van der Waals surface area (Å²) in [6.07, 6.45) is 1.48. The fourth-order valence-corrected chi connectivity index (χ4v) is 3.70. The normalized spacial score (nSPS) is 15.3. The van der Waals surface area contributed by atoms with Crippen LogP contribution in [0.15, 0.2) is 39.5 Å². The molecule has 1 aromatic carbocycles. The topological polar surface area (TPSA) is 135 Å². The summed E-state index contributed by atoms with van der Waals surface area (Å²) >= 11 is 0. The van der Waals surface area contributed by atoms with Crippen LogP contribution < -0.4 is 25.5 Å². The van der Waals surface area contributed by atoms with Crippen molar-refractivity contribution in [3.05, 3.63) is 56.8 Å². The minimum atomic E-state index is -0.810. The maximum absolute atomic E-state index is 12.5. The molecule has 0 saturated heterocycles. The fraction of sp³-hybridized carbons (Fsp3) is 0.333. The number of amides is 1. The van der Waals surface area contributed by atoms with Gasteiger partial charge in [0.05, 0.1) is 33.1 Å². The summed E-state index contributed by atoms with van der Waals surface area (Å²) in [5.74, 6) is 0.171. The molecule has 11 nitrogen and oxygen atoms in total. The van der Waals surface area contributed by atoms with Crippen LogP contribution in [0.25, 0.3) is 0 Å². The molecule has 1 amide bonds. The van der Waals surface area contributed by atoms with Gasteiger partial charge in [-0.3, -0.25) is 19.1 Å². The Bertz CT molecular complexity index is 1210. The van der Waals surface area contributed by atoms with Gasteiger partial charge >= 0.3 is 5.69 Å². The lowest BCUT2D eigenvalue weighted by atomic mass is 9.97. The molecule has 1 aromatic heterocycles. The largest absolute Gasteiger partial charge is 0.494 e. The first-order chi connectivity index (χ1) is 15.3. The van der Waals surface area contributed by atoms with Gasteiger partial charge in [0.1, 0.15) is 5.56 Å². The second kappa shape index (κ2) is 9.00. The molecule has 2 aromatic rings. The Labute approximate surface area is 183 Å². The van der Waals surface area contributed by atoms with Gasteiger partial charge < -0.3 is 19.3 Å². The van der Waals surface area contributed by atoms with E-state index in [0.717, 1.165) is 4.57 Å². The van der Waals surface area contributed by atoms with Gasteiger partial charge in [0.15, 0.2) is 11.5 Å². The van der Waals surface area contributed by atoms with Crippen molar-refractivity contribution in [2.45, 2.75) is 25.9 Å². The highest BCUT2D eigenvalue weighted by Gasteiger charge is 2.37. The van der Waals surface area contributed by atoms with Crippen molar-refractivity contribution in [1.29, 1.82) is 0 Å². The van der Waals surface area contributed by atoms with E-state index in [2.05, 4.69) is 16.7 Å². The smallest absolute Gasteiger partial charge is 0.331 e. The molecular formula is C21H24N4O7. The Kier molecular flexibility index (Phi) is 6.37. The standard InChI is InChI=1S/C21H24N4O7/c1-6-9-24-20(28)16(19(27)22-21(24)29)13-10-14(25(23-13)11(2)26)12-7-8-15(30-3)18(32-5)17(12)31-4/h6-8,14,28H,1,9-10H2,2-5H3,(H,22,27,29). The summed E-state index contributed by atoms with van der Waals surface area (Å²) in [7, 11) is 4.41. The Morgan fingerprint density at radius 1 is 1.25 bits per heavy atom. The predicted molar refractivity (Wildman–Crippen MR) is 116 cm³/mol. The van der Waals surface area contributed by atoms with E-state index in [1.807, 2.05) is 0 Å². The molecule has 170 valence electrons. The lowest BCUT2D eigenvalue weighted by molar-refractivity contribution is -0.130. The highest BCUT2D eigenvalue weighted by Crippen LogP contribution is 2.46. The summed E-state index contributed by atoms with van der Waals surface area (Å²) < 4.78 is 17.2. The van der Waals surface area contributed by atoms with Crippen LogP contribution in [-0.4, -0.2) is 52.6 Å². The van der Waals surface area contributed by atoms with E-state index >= 15 is 0 Å². The number of benzene rings is 1. The molecule has 1 atom stereocenters. The molecular weight excluding hydrogens is 420 g/mol. The quantitative estimate of drug-likeness (QED) is 0.612. The maximum Gasteiger partial charge on any atom is 0.331 e. The van der Waals surface area contributed by atoms with Gasteiger partial charge in [-0.25, -0.2) is 9.80 Å². The number of hydrazone groups is 1. The lowest BCUT2D eigenvalue weighted by Gasteiger charge is -2.24. The van der Waals surface area contributed by atoms with Crippen LogP contribution in [-0.2, 0) is 11.3 Å². The number of aromatic nitrogens is 2. The first-order valence-electron chi connectivity index (χ1n) is 9.62. The number of carbonyl (C=O) groups is 1. The minimum absolute atomic E-state index is 0.0227. The number of methoxy groups -OCH3 is 3. The zero-order valence-corrected chi connectivity index (χ0v) is 18.2. The molecule has 0 bridgehead atoms. The second-order valence-electron chi connectivity index (χ2n) is 6.91. The van der Waals surface area contributed by atoms with Crippen molar-refractivity contribution in [3.63, 3.8) is 0 Å². The zero-order valence-electron chi connectivity index (χ0n) is 18.2. The van der Waals surface area contributed by atoms with Gasteiger partial charge in [-0.15, -0.1) is 6.58 Å². The number of ether oxygens (including phenoxy) is 3. The van der Waals surface area contributed by atoms with Crippen molar-refractivity contribution >= 4 is 11.6 Å². The second-order valence-corrected chi connectivity index (χ2v) is 6.91. The van der Waals surface area contributed by atoms with Crippen molar-refractivity contribution in [2.24, 2.45) is 5.10 Å². The van der Waals surface area contributed by atoms with Crippen molar-refractivity contribution in [1.82, 2.24) is 14.6 Å². The molecule has 0 saturated carbocycles. The van der Waals surface area contributed by atoms with E-state index in [1.54, 1.807) is 12.1 Å². The number of rotatable bonds is 7. The van der Waals surface area contributed by atoms with E-state index in [0.29, 0.717) is 22.8 Å². The number of aromatic hydroxyl groups is 1. The van der Waals surface area contributed by atoms with E-state index in [-0.39, 0.29) is 24.2 Å². The molecule has 11 heteroatoms. The Morgan fingerprint density at radius 3 is 2.50 bits per heavy atom. The van der Waals surface area contributed by atoms with Crippen LogP contribution in [0.1, 0.15) is 30.5 Å². The summed E-state index contributed by atoms with van der Waals surface area (Å²) in [5.41, 5.74) is -1.08. The SMILES string of the molecule is C=CCn1c(O)c(C2=NN(C(C)=O)C(c3ccc(OC)c(OC)c3OC)C2)c(=O)[nH]c1=O. The number of hydrogen-bond acceptors (Lipinski definition) is 8. The van der Waals surface area contributed by atoms with Crippen molar-refractivity contribution < 1.29 is 24.1 Å². The Balaban J connectivity index is 2.16. The number of carbonyl (C=O) groups excluding carboxylic acids is 1. The Morgan fingerprint density at radius 2 is 1.94 bits per heavy atom. The van der Waals surface area contributed by atoms with Crippen molar-refractivity contribution in [2.75, 3.05) is 21.3 Å². The third-order valence-corrected chi connectivity index (χ3v) is 5.10.